The minimum absolute atomic E-state index is 0.0365. The molecular formula is C13H12BrNO4. The fraction of sp³-hybridized carbons (Fsp3) is 0.308. The number of fused-ring (bicyclic) bond motifs is 1. The van der Waals surface area contributed by atoms with Gasteiger partial charge in [0.1, 0.15) is 4.83 Å². The average Bonchev–Trinajstić information content (AvgIpc) is 2.65. The highest BCUT2D eigenvalue weighted by Gasteiger charge is 2.37. The predicted molar refractivity (Wildman–Crippen MR) is 71.2 cm³/mol. The molecule has 0 saturated heterocycles. The topological polar surface area (TPSA) is 63.7 Å². The molecule has 1 aromatic rings. The minimum atomic E-state index is -0.713. The normalized spacial score (nSPS) is 15.4. The maximum absolute atomic E-state index is 12.1. The van der Waals surface area contributed by atoms with Gasteiger partial charge in [-0.15, -0.1) is 0 Å². The van der Waals surface area contributed by atoms with Crippen LogP contribution in [0.15, 0.2) is 24.3 Å². The largest absolute Gasteiger partial charge is 0.465 e. The van der Waals surface area contributed by atoms with E-state index in [-0.39, 0.29) is 25.0 Å². The van der Waals surface area contributed by atoms with E-state index in [9.17, 15) is 14.4 Å². The molecule has 1 atom stereocenters. The molecule has 0 aliphatic carbocycles. The second kappa shape index (κ2) is 5.52. The van der Waals surface area contributed by atoms with E-state index >= 15 is 0 Å². The highest BCUT2D eigenvalue weighted by Crippen LogP contribution is 2.23. The number of carbonyl (C=O) groups is 3. The lowest BCUT2D eigenvalue weighted by Crippen LogP contribution is -2.38. The van der Waals surface area contributed by atoms with E-state index in [0.717, 1.165) is 4.90 Å². The SMILES string of the molecule is CCOC(=O)C(Br)CN1C(=O)c2ccccc2C1=O. The van der Waals surface area contributed by atoms with Crippen molar-refractivity contribution in [2.45, 2.75) is 11.8 Å². The third-order valence-corrected chi connectivity index (χ3v) is 3.43. The van der Waals surface area contributed by atoms with Crippen LogP contribution in [-0.2, 0) is 9.53 Å². The fourth-order valence-electron chi connectivity index (χ4n) is 1.87. The van der Waals surface area contributed by atoms with Crippen molar-refractivity contribution in [3.63, 3.8) is 0 Å². The number of nitrogens with zero attached hydrogens (tertiary/aromatic N) is 1. The second-order valence-corrected chi connectivity index (χ2v) is 5.09. The lowest BCUT2D eigenvalue weighted by atomic mass is 10.1. The molecule has 2 rings (SSSR count). The Bertz CT molecular complexity index is 508. The van der Waals surface area contributed by atoms with Gasteiger partial charge in [0.15, 0.2) is 0 Å². The van der Waals surface area contributed by atoms with Crippen molar-refractivity contribution >= 4 is 33.7 Å². The molecule has 1 aliphatic rings. The monoisotopic (exact) mass is 325 g/mol. The van der Waals surface area contributed by atoms with E-state index in [1.54, 1.807) is 31.2 Å². The van der Waals surface area contributed by atoms with Gasteiger partial charge < -0.3 is 4.74 Å². The number of benzene rings is 1. The summed E-state index contributed by atoms with van der Waals surface area (Å²) in [5, 5.41) is 0. The first-order chi connectivity index (χ1) is 9.06. The third kappa shape index (κ3) is 2.53. The molecule has 5 nitrogen and oxygen atoms in total. The Labute approximate surface area is 118 Å². The van der Waals surface area contributed by atoms with Crippen LogP contribution < -0.4 is 0 Å². The maximum Gasteiger partial charge on any atom is 0.321 e. The van der Waals surface area contributed by atoms with Crippen molar-refractivity contribution in [2.24, 2.45) is 0 Å². The lowest BCUT2D eigenvalue weighted by Gasteiger charge is -2.16. The molecule has 0 fully saturated rings. The average molecular weight is 326 g/mol. The van der Waals surface area contributed by atoms with Gasteiger partial charge in [0, 0.05) is 0 Å². The van der Waals surface area contributed by atoms with Gasteiger partial charge in [-0.25, -0.2) is 0 Å². The molecule has 0 aromatic heterocycles. The summed E-state index contributed by atoms with van der Waals surface area (Å²) >= 11 is 3.13. The summed E-state index contributed by atoms with van der Waals surface area (Å²) in [6.07, 6.45) is 0. The standard InChI is InChI=1S/C13H12BrNO4/c1-2-19-13(18)10(14)7-15-11(16)8-5-3-4-6-9(8)12(15)17/h3-6,10H,2,7H2,1H3. The van der Waals surface area contributed by atoms with Crippen LogP contribution in [-0.4, -0.2) is 40.7 Å². The molecule has 0 saturated carbocycles. The van der Waals surface area contributed by atoms with Crippen LogP contribution in [0.25, 0.3) is 0 Å². The van der Waals surface area contributed by atoms with E-state index in [1.165, 1.54) is 0 Å². The van der Waals surface area contributed by atoms with E-state index in [0.29, 0.717) is 11.1 Å². The number of rotatable bonds is 4. The quantitative estimate of drug-likeness (QED) is 0.479. The molecule has 0 spiro atoms. The van der Waals surface area contributed by atoms with Crippen molar-refractivity contribution in [2.75, 3.05) is 13.2 Å². The van der Waals surface area contributed by atoms with Crippen molar-refractivity contribution in [1.82, 2.24) is 4.90 Å². The van der Waals surface area contributed by atoms with Gasteiger partial charge in [-0.1, -0.05) is 28.1 Å². The molecule has 19 heavy (non-hydrogen) atoms. The number of ether oxygens (including phenoxy) is 1. The Hall–Kier alpha value is -1.69. The zero-order valence-electron chi connectivity index (χ0n) is 10.3. The van der Waals surface area contributed by atoms with E-state index in [1.807, 2.05) is 0 Å². The van der Waals surface area contributed by atoms with Crippen molar-refractivity contribution in [1.29, 1.82) is 0 Å². The Balaban J connectivity index is 2.14. The highest BCUT2D eigenvalue weighted by atomic mass is 79.9. The van der Waals surface area contributed by atoms with Gasteiger partial charge in [0.2, 0.25) is 0 Å². The first-order valence-electron chi connectivity index (χ1n) is 5.82. The highest BCUT2D eigenvalue weighted by molar-refractivity contribution is 9.10. The molecule has 0 radical (unpaired) electrons. The molecule has 1 aliphatic heterocycles. The smallest absolute Gasteiger partial charge is 0.321 e. The number of amides is 2. The number of hydrogen-bond donors (Lipinski definition) is 0. The van der Waals surface area contributed by atoms with Crippen LogP contribution >= 0.6 is 15.9 Å². The molecule has 1 aromatic carbocycles. The summed E-state index contributed by atoms with van der Waals surface area (Å²) in [5.74, 6) is -1.25. The zero-order valence-corrected chi connectivity index (χ0v) is 11.8. The summed E-state index contributed by atoms with van der Waals surface area (Å²) in [4.78, 5) is 36.0. The van der Waals surface area contributed by atoms with Gasteiger partial charge >= 0.3 is 5.97 Å². The maximum atomic E-state index is 12.1. The third-order valence-electron chi connectivity index (χ3n) is 2.76. The second-order valence-electron chi connectivity index (χ2n) is 3.99. The Morgan fingerprint density at radius 2 is 1.79 bits per heavy atom. The molecule has 0 N–H and O–H groups in total. The van der Waals surface area contributed by atoms with Gasteiger partial charge in [-0.3, -0.25) is 19.3 Å². The van der Waals surface area contributed by atoms with Crippen LogP contribution in [0.5, 0.6) is 0 Å². The summed E-state index contributed by atoms with van der Waals surface area (Å²) in [6, 6.07) is 6.60. The first-order valence-corrected chi connectivity index (χ1v) is 6.73. The Kier molecular flexibility index (Phi) is 3.99. The van der Waals surface area contributed by atoms with E-state index in [2.05, 4.69) is 15.9 Å². The van der Waals surface area contributed by atoms with Gasteiger partial charge in [0.25, 0.3) is 11.8 Å². The lowest BCUT2D eigenvalue weighted by molar-refractivity contribution is -0.142. The van der Waals surface area contributed by atoms with Crippen LogP contribution in [0.3, 0.4) is 0 Å². The first kappa shape index (κ1) is 13.7. The van der Waals surface area contributed by atoms with Gasteiger partial charge in [-0.05, 0) is 19.1 Å². The van der Waals surface area contributed by atoms with Crippen LogP contribution in [0, 0.1) is 0 Å². The van der Waals surface area contributed by atoms with Crippen LogP contribution in [0.2, 0.25) is 0 Å². The Morgan fingerprint density at radius 1 is 1.26 bits per heavy atom. The molecule has 2 amide bonds. The number of carbonyl (C=O) groups excluding carboxylic acids is 3. The number of halogens is 1. The van der Waals surface area contributed by atoms with Gasteiger partial charge in [-0.2, -0.15) is 0 Å². The minimum Gasteiger partial charge on any atom is -0.465 e. The molecule has 1 heterocycles. The number of hydrogen-bond acceptors (Lipinski definition) is 4. The summed E-state index contributed by atoms with van der Waals surface area (Å²) in [7, 11) is 0. The molecule has 0 bridgehead atoms. The molecule has 1 unspecified atom stereocenters. The summed E-state index contributed by atoms with van der Waals surface area (Å²) in [6.45, 7) is 1.91. The number of esters is 1. The van der Waals surface area contributed by atoms with Crippen LogP contribution in [0.1, 0.15) is 27.6 Å². The fourth-order valence-corrected chi connectivity index (χ4v) is 2.29. The van der Waals surface area contributed by atoms with Gasteiger partial charge in [0.05, 0.1) is 24.3 Å². The number of alkyl halides is 1. The molecular weight excluding hydrogens is 314 g/mol. The van der Waals surface area contributed by atoms with Crippen molar-refractivity contribution < 1.29 is 19.1 Å². The van der Waals surface area contributed by atoms with Crippen LogP contribution in [0.4, 0.5) is 0 Å². The van der Waals surface area contributed by atoms with E-state index in [4.69, 9.17) is 4.74 Å². The Morgan fingerprint density at radius 3 is 2.26 bits per heavy atom. The number of imide groups is 1. The molecule has 6 heteroatoms. The molecule has 100 valence electrons. The summed E-state index contributed by atoms with van der Waals surface area (Å²) in [5.41, 5.74) is 0.743. The van der Waals surface area contributed by atoms with Crippen molar-refractivity contribution in [3.05, 3.63) is 35.4 Å². The predicted octanol–water partition coefficient (Wildman–Crippen LogP) is 1.61. The summed E-state index contributed by atoms with van der Waals surface area (Å²) < 4.78 is 4.83. The van der Waals surface area contributed by atoms with Crippen molar-refractivity contribution in [3.8, 4) is 0 Å². The van der Waals surface area contributed by atoms with E-state index < -0.39 is 10.8 Å². The zero-order chi connectivity index (χ0) is 14.0.